The summed E-state index contributed by atoms with van der Waals surface area (Å²) in [6, 6.07) is 0. The Morgan fingerprint density at radius 1 is 1.30 bits per heavy atom. The van der Waals surface area contributed by atoms with Gasteiger partial charge in [0.25, 0.3) is 0 Å². The average molecular weight is 163 g/mol. The van der Waals surface area contributed by atoms with Crippen LogP contribution in [0.25, 0.3) is 0 Å². The molecule has 0 amide bonds. The lowest BCUT2D eigenvalue weighted by Crippen LogP contribution is -2.15. The van der Waals surface area contributed by atoms with Gasteiger partial charge in [-0.05, 0) is 12.8 Å². The fraction of sp³-hybridized carbons (Fsp3) is 1.00. The molecule has 2 nitrogen and oxygen atoms in total. The topological polar surface area (TPSA) is 23.5 Å². The minimum absolute atomic E-state index is 0.267. The highest BCUT2D eigenvalue weighted by atomic mass is 32.1. The highest BCUT2D eigenvalue weighted by molar-refractivity contribution is 7.77. The van der Waals surface area contributed by atoms with E-state index in [-0.39, 0.29) is 6.61 Å². The van der Waals surface area contributed by atoms with E-state index in [2.05, 4.69) is 19.7 Å². The maximum Gasteiger partial charge on any atom is 0.0443 e. The summed E-state index contributed by atoms with van der Waals surface area (Å²) in [5.74, 6) is 0. The molecule has 0 aliphatic rings. The molecule has 0 saturated carbocycles. The third-order valence-corrected chi connectivity index (χ3v) is 1.74. The summed E-state index contributed by atoms with van der Waals surface area (Å²) < 4.78 is 1.96. The third kappa shape index (κ3) is 6.39. The molecule has 0 unspecified atom stereocenters. The van der Waals surface area contributed by atoms with Crippen molar-refractivity contribution in [1.82, 2.24) is 4.31 Å². The quantitative estimate of drug-likeness (QED) is 0.577. The first kappa shape index (κ1) is 10.3. The largest absolute Gasteiger partial charge is 0.396 e. The molecule has 0 aromatic carbocycles. The molecule has 0 aliphatic carbocycles. The Labute approximate surface area is 68.8 Å². The van der Waals surface area contributed by atoms with Gasteiger partial charge >= 0.3 is 0 Å². The molecular formula is C7H17NOS. The second-order valence-electron chi connectivity index (χ2n) is 2.38. The molecular weight excluding hydrogens is 146 g/mol. The fourth-order valence-electron chi connectivity index (χ4n) is 0.706. The van der Waals surface area contributed by atoms with Gasteiger partial charge in [0.15, 0.2) is 0 Å². The van der Waals surface area contributed by atoms with Crippen molar-refractivity contribution in [1.29, 1.82) is 0 Å². The summed E-state index contributed by atoms with van der Waals surface area (Å²) in [6.45, 7) is 4.34. The zero-order chi connectivity index (χ0) is 7.82. The molecule has 0 aliphatic heterocycles. The standard InChI is InChI=1S/C7H17NOS/c1-2-3-5-8(10)6-4-7-9/h9-10H,2-7H2,1H3. The Kier molecular flexibility index (Phi) is 7.58. The number of nitrogens with zero attached hydrogens (tertiary/aromatic N) is 1. The first-order chi connectivity index (χ1) is 4.81. The van der Waals surface area contributed by atoms with Gasteiger partial charge in [-0.15, -0.1) is 0 Å². The highest BCUT2D eigenvalue weighted by Crippen LogP contribution is 1.98. The van der Waals surface area contributed by atoms with Crippen LogP contribution >= 0.6 is 12.8 Å². The first-order valence-electron chi connectivity index (χ1n) is 3.86. The molecule has 0 saturated heterocycles. The molecule has 0 radical (unpaired) electrons. The van der Waals surface area contributed by atoms with Crippen molar-refractivity contribution in [3.05, 3.63) is 0 Å². The minimum Gasteiger partial charge on any atom is -0.396 e. The van der Waals surface area contributed by atoms with Crippen LogP contribution in [0.5, 0.6) is 0 Å². The van der Waals surface area contributed by atoms with E-state index in [0.717, 1.165) is 19.5 Å². The van der Waals surface area contributed by atoms with Crippen LogP contribution in [0.15, 0.2) is 0 Å². The third-order valence-electron chi connectivity index (χ3n) is 1.34. The highest BCUT2D eigenvalue weighted by Gasteiger charge is 1.95. The van der Waals surface area contributed by atoms with E-state index >= 15 is 0 Å². The first-order valence-corrected chi connectivity index (χ1v) is 4.26. The van der Waals surface area contributed by atoms with Crippen LogP contribution in [-0.2, 0) is 0 Å². The normalized spacial score (nSPS) is 10.8. The van der Waals surface area contributed by atoms with Gasteiger partial charge in [-0.3, -0.25) is 4.31 Å². The fourth-order valence-corrected chi connectivity index (χ4v) is 0.988. The van der Waals surface area contributed by atoms with Gasteiger partial charge in [0.2, 0.25) is 0 Å². The summed E-state index contributed by atoms with van der Waals surface area (Å²) in [6.07, 6.45) is 3.22. The van der Waals surface area contributed by atoms with E-state index < -0.39 is 0 Å². The lowest BCUT2D eigenvalue weighted by atomic mass is 10.3. The molecule has 0 spiro atoms. The number of hydrogen-bond donors (Lipinski definition) is 2. The summed E-state index contributed by atoms with van der Waals surface area (Å²) >= 11 is 4.22. The Bertz CT molecular complexity index is 62.6. The molecule has 1 N–H and O–H groups in total. The van der Waals surface area contributed by atoms with E-state index in [1.807, 2.05) is 4.31 Å². The molecule has 62 valence electrons. The molecule has 0 heterocycles. The second-order valence-corrected chi connectivity index (χ2v) is 2.95. The second kappa shape index (κ2) is 7.38. The average Bonchev–Trinajstić information content (AvgIpc) is 1.97. The number of aliphatic hydroxyl groups is 1. The predicted molar refractivity (Wildman–Crippen MR) is 47.2 cm³/mol. The Morgan fingerprint density at radius 3 is 2.40 bits per heavy atom. The van der Waals surface area contributed by atoms with E-state index in [1.165, 1.54) is 12.8 Å². The summed E-state index contributed by atoms with van der Waals surface area (Å²) in [5, 5.41) is 8.48. The van der Waals surface area contributed by atoms with Crippen LogP contribution < -0.4 is 0 Å². The van der Waals surface area contributed by atoms with Crippen LogP contribution in [0.2, 0.25) is 0 Å². The summed E-state index contributed by atoms with van der Waals surface area (Å²) in [4.78, 5) is 0. The molecule has 0 atom stereocenters. The lowest BCUT2D eigenvalue weighted by molar-refractivity contribution is 0.273. The maximum absolute atomic E-state index is 8.48. The van der Waals surface area contributed by atoms with Gasteiger partial charge in [0.1, 0.15) is 0 Å². The van der Waals surface area contributed by atoms with Crippen molar-refractivity contribution in [3.8, 4) is 0 Å². The monoisotopic (exact) mass is 163 g/mol. The van der Waals surface area contributed by atoms with Crippen molar-refractivity contribution in [2.45, 2.75) is 26.2 Å². The van der Waals surface area contributed by atoms with Crippen molar-refractivity contribution in [3.63, 3.8) is 0 Å². The zero-order valence-corrected chi connectivity index (χ0v) is 7.48. The van der Waals surface area contributed by atoms with Crippen molar-refractivity contribution in [2.75, 3.05) is 19.7 Å². The SMILES string of the molecule is CCCCN(S)CCCO. The van der Waals surface area contributed by atoms with Gasteiger partial charge in [-0.1, -0.05) is 26.2 Å². The van der Waals surface area contributed by atoms with E-state index in [0.29, 0.717) is 0 Å². The van der Waals surface area contributed by atoms with Crippen molar-refractivity contribution in [2.24, 2.45) is 0 Å². The van der Waals surface area contributed by atoms with E-state index in [4.69, 9.17) is 5.11 Å². The molecule has 0 rings (SSSR count). The molecule has 0 aromatic rings. The molecule has 0 bridgehead atoms. The van der Waals surface area contributed by atoms with E-state index in [9.17, 15) is 0 Å². The lowest BCUT2D eigenvalue weighted by Gasteiger charge is -2.12. The van der Waals surface area contributed by atoms with Crippen molar-refractivity contribution >= 4 is 12.8 Å². The van der Waals surface area contributed by atoms with Gasteiger partial charge in [0, 0.05) is 19.7 Å². The van der Waals surface area contributed by atoms with Gasteiger partial charge in [-0.2, -0.15) is 0 Å². The maximum atomic E-state index is 8.48. The molecule has 10 heavy (non-hydrogen) atoms. The van der Waals surface area contributed by atoms with Gasteiger partial charge in [-0.25, -0.2) is 0 Å². The van der Waals surface area contributed by atoms with Crippen LogP contribution in [0, 0.1) is 0 Å². The number of aliphatic hydroxyl groups excluding tert-OH is 1. The van der Waals surface area contributed by atoms with E-state index in [1.54, 1.807) is 0 Å². The number of thiol groups is 1. The van der Waals surface area contributed by atoms with Crippen molar-refractivity contribution < 1.29 is 5.11 Å². The smallest absolute Gasteiger partial charge is 0.0443 e. The molecule has 0 fully saturated rings. The van der Waals surface area contributed by atoms with Gasteiger partial charge < -0.3 is 5.11 Å². The predicted octanol–water partition coefficient (Wildman–Crippen LogP) is 1.32. The Balaban J connectivity index is 3.00. The van der Waals surface area contributed by atoms with Crippen LogP contribution in [0.1, 0.15) is 26.2 Å². The minimum atomic E-state index is 0.267. The van der Waals surface area contributed by atoms with Crippen LogP contribution in [-0.4, -0.2) is 29.1 Å². The molecule has 0 aromatic heterocycles. The Hall–Kier alpha value is 0.270. The summed E-state index contributed by atoms with van der Waals surface area (Å²) in [7, 11) is 0. The van der Waals surface area contributed by atoms with Gasteiger partial charge in [0.05, 0.1) is 0 Å². The van der Waals surface area contributed by atoms with Crippen LogP contribution in [0.4, 0.5) is 0 Å². The number of rotatable bonds is 6. The zero-order valence-electron chi connectivity index (χ0n) is 6.58. The summed E-state index contributed by atoms with van der Waals surface area (Å²) in [5.41, 5.74) is 0. The van der Waals surface area contributed by atoms with Crippen LogP contribution in [0.3, 0.4) is 0 Å². The Morgan fingerprint density at radius 2 is 1.90 bits per heavy atom. The molecule has 3 heteroatoms. The number of hydrogen-bond acceptors (Lipinski definition) is 3. The number of unbranched alkanes of at least 4 members (excludes halogenated alkanes) is 1.